The minimum atomic E-state index is 0.865. The fraction of sp³-hybridized carbons (Fsp3) is 0.250. The molecule has 0 amide bonds. The summed E-state index contributed by atoms with van der Waals surface area (Å²) in [6.45, 7) is 2.16. The lowest BCUT2D eigenvalue weighted by atomic mass is 10.0. The normalized spacial score (nSPS) is 10.5. The van der Waals surface area contributed by atoms with Crippen LogP contribution < -0.4 is 5.73 Å². The van der Waals surface area contributed by atoms with Crippen molar-refractivity contribution in [2.45, 2.75) is 19.8 Å². The summed E-state index contributed by atoms with van der Waals surface area (Å²) in [6.07, 6.45) is 5.63. The number of aromatic nitrogens is 2. The average molecular weight is 201 g/mol. The Morgan fingerprint density at radius 3 is 2.87 bits per heavy atom. The topological polar surface area (TPSA) is 54.7 Å². The average Bonchev–Trinajstić information content (AvgIpc) is 2.74. The molecule has 0 atom stereocenters. The number of nitrogens with two attached hydrogens (primary N) is 1. The van der Waals surface area contributed by atoms with Crippen LogP contribution in [-0.4, -0.2) is 9.97 Å². The van der Waals surface area contributed by atoms with E-state index in [1.807, 2.05) is 6.07 Å². The van der Waals surface area contributed by atoms with E-state index in [1.54, 1.807) is 12.5 Å². The third-order valence-corrected chi connectivity index (χ3v) is 2.47. The van der Waals surface area contributed by atoms with Crippen LogP contribution in [0.15, 0.2) is 30.7 Å². The highest BCUT2D eigenvalue weighted by Crippen LogP contribution is 2.22. The van der Waals surface area contributed by atoms with E-state index in [-0.39, 0.29) is 0 Å². The first-order chi connectivity index (χ1) is 7.31. The molecule has 78 valence electrons. The number of nitrogen functional groups attached to an aromatic ring is 1. The van der Waals surface area contributed by atoms with Gasteiger partial charge < -0.3 is 10.7 Å². The highest BCUT2D eigenvalue weighted by Gasteiger charge is 2.02. The van der Waals surface area contributed by atoms with E-state index in [4.69, 9.17) is 5.73 Å². The molecule has 0 bridgehead atoms. The molecule has 0 fully saturated rings. The SMILES string of the molecule is CCCc1ccc(-c2cnc[nH]2)cc1N. The van der Waals surface area contributed by atoms with E-state index in [9.17, 15) is 0 Å². The van der Waals surface area contributed by atoms with Gasteiger partial charge in [0, 0.05) is 11.3 Å². The summed E-state index contributed by atoms with van der Waals surface area (Å²) in [4.78, 5) is 7.06. The summed E-state index contributed by atoms with van der Waals surface area (Å²) in [7, 11) is 0. The number of nitrogens with zero attached hydrogens (tertiary/aromatic N) is 1. The second-order valence-corrected chi connectivity index (χ2v) is 3.63. The lowest BCUT2D eigenvalue weighted by Gasteiger charge is -2.06. The summed E-state index contributed by atoms with van der Waals surface area (Å²) in [5.74, 6) is 0. The third-order valence-electron chi connectivity index (χ3n) is 2.47. The molecule has 0 saturated carbocycles. The number of aryl methyl sites for hydroxylation is 1. The van der Waals surface area contributed by atoms with Crippen LogP contribution in [0.2, 0.25) is 0 Å². The minimum absolute atomic E-state index is 0.865. The van der Waals surface area contributed by atoms with Gasteiger partial charge in [-0.1, -0.05) is 25.5 Å². The number of anilines is 1. The Morgan fingerprint density at radius 1 is 1.40 bits per heavy atom. The largest absolute Gasteiger partial charge is 0.398 e. The molecule has 0 spiro atoms. The molecule has 1 heterocycles. The van der Waals surface area contributed by atoms with Crippen molar-refractivity contribution in [3.63, 3.8) is 0 Å². The molecule has 0 aliphatic heterocycles. The minimum Gasteiger partial charge on any atom is -0.398 e. The monoisotopic (exact) mass is 201 g/mol. The van der Waals surface area contributed by atoms with Gasteiger partial charge in [-0.3, -0.25) is 0 Å². The maximum atomic E-state index is 5.98. The Balaban J connectivity index is 2.33. The molecule has 0 radical (unpaired) electrons. The first-order valence-electron chi connectivity index (χ1n) is 5.18. The van der Waals surface area contributed by atoms with E-state index in [1.165, 1.54) is 5.56 Å². The molecule has 0 aliphatic carbocycles. The van der Waals surface area contributed by atoms with Crippen LogP contribution in [0.25, 0.3) is 11.3 Å². The highest BCUT2D eigenvalue weighted by molar-refractivity contribution is 5.65. The first kappa shape index (κ1) is 9.77. The number of nitrogens with one attached hydrogen (secondary N) is 1. The van der Waals surface area contributed by atoms with Gasteiger partial charge in [0.15, 0.2) is 0 Å². The number of benzene rings is 1. The van der Waals surface area contributed by atoms with Gasteiger partial charge in [0.25, 0.3) is 0 Å². The van der Waals surface area contributed by atoms with Crippen molar-refractivity contribution in [2.24, 2.45) is 0 Å². The van der Waals surface area contributed by atoms with Gasteiger partial charge in [-0.15, -0.1) is 0 Å². The van der Waals surface area contributed by atoms with E-state index >= 15 is 0 Å². The van der Waals surface area contributed by atoms with Crippen molar-refractivity contribution in [3.8, 4) is 11.3 Å². The maximum absolute atomic E-state index is 5.98. The van der Waals surface area contributed by atoms with Crippen molar-refractivity contribution in [3.05, 3.63) is 36.3 Å². The molecule has 1 aromatic heterocycles. The van der Waals surface area contributed by atoms with E-state index < -0.39 is 0 Å². The Labute approximate surface area is 89.4 Å². The summed E-state index contributed by atoms with van der Waals surface area (Å²) in [5, 5.41) is 0. The zero-order valence-electron chi connectivity index (χ0n) is 8.83. The van der Waals surface area contributed by atoms with Crippen LogP contribution in [0.5, 0.6) is 0 Å². The Hall–Kier alpha value is -1.77. The smallest absolute Gasteiger partial charge is 0.0924 e. The van der Waals surface area contributed by atoms with Crippen LogP contribution in [0, 0.1) is 0 Å². The number of hydrogen-bond donors (Lipinski definition) is 2. The van der Waals surface area contributed by atoms with Gasteiger partial charge in [0.2, 0.25) is 0 Å². The van der Waals surface area contributed by atoms with Crippen molar-refractivity contribution in [1.29, 1.82) is 0 Å². The molecule has 2 rings (SSSR count). The number of hydrogen-bond acceptors (Lipinski definition) is 2. The molecule has 0 aliphatic rings. The lowest BCUT2D eigenvalue weighted by molar-refractivity contribution is 0.924. The molecule has 0 saturated heterocycles. The quantitative estimate of drug-likeness (QED) is 0.750. The second-order valence-electron chi connectivity index (χ2n) is 3.63. The molecule has 1 aromatic carbocycles. The number of imidazole rings is 1. The first-order valence-corrected chi connectivity index (χ1v) is 5.18. The van der Waals surface area contributed by atoms with Crippen LogP contribution in [0.1, 0.15) is 18.9 Å². The Morgan fingerprint density at radius 2 is 2.27 bits per heavy atom. The van der Waals surface area contributed by atoms with Gasteiger partial charge >= 0.3 is 0 Å². The zero-order valence-corrected chi connectivity index (χ0v) is 8.83. The summed E-state index contributed by atoms with van der Waals surface area (Å²) < 4.78 is 0. The molecule has 15 heavy (non-hydrogen) atoms. The number of aromatic amines is 1. The molecular formula is C12H15N3. The van der Waals surface area contributed by atoms with Crippen LogP contribution >= 0.6 is 0 Å². The summed E-state index contributed by atoms with van der Waals surface area (Å²) in [5.41, 5.74) is 10.2. The van der Waals surface area contributed by atoms with Gasteiger partial charge in [-0.05, 0) is 18.1 Å². The van der Waals surface area contributed by atoms with Gasteiger partial charge in [-0.2, -0.15) is 0 Å². The van der Waals surface area contributed by atoms with Crippen molar-refractivity contribution in [1.82, 2.24) is 9.97 Å². The molecule has 3 N–H and O–H groups in total. The molecule has 3 heteroatoms. The second kappa shape index (κ2) is 4.17. The summed E-state index contributed by atoms with van der Waals surface area (Å²) >= 11 is 0. The van der Waals surface area contributed by atoms with Gasteiger partial charge in [-0.25, -0.2) is 4.98 Å². The van der Waals surface area contributed by atoms with Crippen molar-refractivity contribution in [2.75, 3.05) is 5.73 Å². The number of rotatable bonds is 3. The molecular weight excluding hydrogens is 186 g/mol. The maximum Gasteiger partial charge on any atom is 0.0924 e. The van der Waals surface area contributed by atoms with E-state index in [0.29, 0.717) is 0 Å². The Kier molecular flexibility index (Phi) is 2.72. The predicted octanol–water partition coefficient (Wildman–Crippen LogP) is 2.61. The van der Waals surface area contributed by atoms with E-state index in [2.05, 4.69) is 29.0 Å². The molecule has 2 aromatic rings. The fourth-order valence-electron chi connectivity index (χ4n) is 1.67. The van der Waals surface area contributed by atoms with Gasteiger partial charge in [0.1, 0.15) is 0 Å². The predicted molar refractivity (Wildman–Crippen MR) is 62.4 cm³/mol. The van der Waals surface area contributed by atoms with Gasteiger partial charge in [0.05, 0.1) is 18.2 Å². The van der Waals surface area contributed by atoms with E-state index in [0.717, 1.165) is 29.8 Å². The van der Waals surface area contributed by atoms with Crippen LogP contribution in [0.3, 0.4) is 0 Å². The van der Waals surface area contributed by atoms with Crippen LogP contribution in [-0.2, 0) is 6.42 Å². The number of H-pyrrole nitrogens is 1. The summed E-state index contributed by atoms with van der Waals surface area (Å²) in [6, 6.07) is 6.17. The van der Waals surface area contributed by atoms with Crippen molar-refractivity contribution >= 4 is 5.69 Å². The molecule has 0 unspecified atom stereocenters. The highest BCUT2D eigenvalue weighted by atomic mass is 14.9. The van der Waals surface area contributed by atoms with Crippen molar-refractivity contribution < 1.29 is 0 Å². The van der Waals surface area contributed by atoms with Crippen LogP contribution in [0.4, 0.5) is 5.69 Å². The fourth-order valence-corrected chi connectivity index (χ4v) is 1.67. The standard InChI is InChI=1S/C12H15N3/c1-2-3-9-4-5-10(6-11(9)13)12-7-14-8-15-12/h4-8H,2-3,13H2,1H3,(H,14,15). The third kappa shape index (κ3) is 2.01. The molecule has 3 nitrogen and oxygen atoms in total. The lowest BCUT2D eigenvalue weighted by Crippen LogP contribution is -1.94. The Bertz CT molecular complexity index is 432. The zero-order chi connectivity index (χ0) is 10.7.